The van der Waals surface area contributed by atoms with Crippen molar-refractivity contribution in [3.63, 3.8) is 0 Å². The van der Waals surface area contributed by atoms with Gasteiger partial charge in [-0.25, -0.2) is 0 Å². The second kappa shape index (κ2) is 5.15. The van der Waals surface area contributed by atoms with Crippen LogP contribution in [0.4, 0.5) is 0 Å². The summed E-state index contributed by atoms with van der Waals surface area (Å²) in [5, 5.41) is 19.2. The van der Waals surface area contributed by atoms with Gasteiger partial charge >= 0.3 is 0 Å². The van der Waals surface area contributed by atoms with Gasteiger partial charge in [0.05, 0.1) is 11.9 Å². The van der Waals surface area contributed by atoms with E-state index in [0.717, 1.165) is 0 Å². The first-order valence-electron chi connectivity index (χ1n) is 4.07. The number of aromatic nitrogens is 1. The number of pyridine rings is 1. The van der Waals surface area contributed by atoms with Crippen LogP contribution in [0.15, 0.2) is 24.7 Å². The van der Waals surface area contributed by atoms with Gasteiger partial charge in [-0.2, -0.15) is 0 Å². The molecule has 0 aliphatic carbocycles. The molecule has 7 nitrogen and oxygen atoms in total. The van der Waals surface area contributed by atoms with Gasteiger partial charge in [-0.1, -0.05) is 0 Å². The Kier molecular flexibility index (Phi) is 3.86. The molecule has 0 saturated heterocycles. The van der Waals surface area contributed by atoms with Gasteiger partial charge in [-0.3, -0.25) is 15.4 Å². The molecule has 0 aliphatic rings. The van der Waals surface area contributed by atoms with Gasteiger partial charge in [0.25, 0.3) is 0 Å². The molecule has 7 heteroatoms. The molecule has 1 aromatic rings. The lowest BCUT2D eigenvalue weighted by molar-refractivity contribution is -0.451. The fourth-order valence-corrected chi connectivity index (χ4v) is 0.960. The summed E-state index contributed by atoms with van der Waals surface area (Å²) < 4.78 is 0. The first kappa shape index (κ1) is 11.2. The van der Waals surface area contributed by atoms with Gasteiger partial charge in [0, 0.05) is 25.0 Å². The van der Waals surface area contributed by atoms with Crippen molar-refractivity contribution >= 4 is 5.70 Å². The zero-order valence-corrected chi connectivity index (χ0v) is 8.08. The van der Waals surface area contributed by atoms with Crippen LogP contribution >= 0.6 is 0 Å². The molecular weight excluding hydrogens is 200 g/mol. The normalized spacial score (nSPS) is 11.6. The van der Waals surface area contributed by atoms with Crippen LogP contribution in [-0.4, -0.2) is 27.8 Å². The maximum Gasteiger partial charge on any atom is 0.172 e. The largest absolute Gasteiger partial charge is 0.397 e. The van der Waals surface area contributed by atoms with Crippen LogP contribution in [0.25, 0.3) is 5.70 Å². The topological polar surface area (TPSA) is 104 Å². The van der Waals surface area contributed by atoms with Crippen LogP contribution < -0.4 is 15.9 Å². The Morgan fingerprint density at radius 3 is 2.93 bits per heavy atom. The Hall–Kier alpha value is -1.83. The molecule has 0 aromatic carbocycles. The third-order valence-corrected chi connectivity index (χ3v) is 1.53. The minimum absolute atomic E-state index is 0.157. The van der Waals surface area contributed by atoms with E-state index in [1.807, 2.05) is 0 Å². The zero-order chi connectivity index (χ0) is 11.3. The first-order chi connectivity index (χ1) is 7.13. The number of rotatable bonds is 4. The summed E-state index contributed by atoms with van der Waals surface area (Å²) in [5.41, 5.74) is 6.73. The second-order valence-electron chi connectivity index (χ2n) is 2.64. The Morgan fingerprint density at radius 1 is 1.60 bits per heavy atom. The maximum atomic E-state index is 8.42. The Bertz CT molecular complexity index is 353. The van der Waals surface area contributed by atoms with Gasteiger partial charge in [-0.15, -0.1) is 0 Å². The van der Waals surface area contributed by atoms with Crippen LogP contribution in [0.2, 0.25) is 0 Å². The fraction of sp³-hybridized carbons (Fsp3) is 0.125. The Labute approximate surface area is 86.3 Å². The zero-order valence-electron chi connectivity index (χ0n) is 8.08. The average molecular weight is 212 g/mol. The predicted octanol–water partition coefficient (Wildman–Crippen LogP) is -0.0677. The maximum absolute atomic E-state index is 8.42. The summed E-state index contributed by atoms with van der Waals surface area (Å²) in [4.78, 5) is 8.28. The monoisotopic (exact) mass is 212 g/mol. The molecule has 15 heavy (non-hydrogen) atoms. The van der Waals surface area contributed by atoms with Gasteiger partial charge in [-0.05, 0) is 6.07 Å². The number of hydrogen-bond donors (Lipinski definition) is 4. The first-order valence-corrected chi connectivity index (χ1v) is 4.07. The van der Waals surface area contributed by atoms with Crippen molar-refractivity contribution in [1.29, 1.82) is 0 Å². The van der Waals surface area contributed by atoms with E-state index in [4.69, 9.17) is 16.1 Å². The average Bonchev–Trinajstić information content (AvgIpc) is 2.17. The third-order valence-electron chi connectivity index (χ3n) is 1.53. The smallest absolute Gasteiger partial charge is 0.172 e. The highest BCUT2D eigenvalue weighted by Gasteiger charge is 2.03. The Morgan fingerprint density at radius 2 is 2.33 bits per heavy atom. The van der Waals surface area contributed by atoms with Gasteiger partial charge in [0.2, 0.25) is 0 Å². The highest BCUT2D eigenvalue weighted by molar-refractivity contribution is 5.62. The third kappa shape index (κ3) is 3.43. The summed E-state index contributed by atoms with van der Waals surface area (Å²) in [6, 6.07) is 1.51. The van der Waals surface area contributed by atoms with E-state index in [1.165, 1.54) is 18.5 Å². The molecule has 0 aliphatic heterocycles. The molecule has 0 amide bonds. The Balaban J connectivity index is 2.87. The molecule has 0 radical (unpaired) electrons. The molecule has 1 heterocycles. The van der Waals surface area contributed by atoms with Crippen LogP contribution in [0.5, 0.6) is 5.75 Å². The van der Waals surface area contributed by atoms with E-state index in [9.17, 15) is 0 Å². The summed E-state index contributed by atoms with van der Waals surface area (Å²) in [7, 11) is 1.71. The molecule has 0 saturated carbocycles. The van der Waals surface area contributed by atoms with Crippen molar-refractivity contribution in [2.45, 2.75) is 0 Å². The van der Waals surface area contributed by atoms with Crippen molar-refractivity contribution in [2.75, 3.05) is 7.05 Å². The van der Waals surface area contributed by atoms with Gasteiger partial charge in [0.1, 0.15) is 5.39 Å². The van der Waals surface area contributed by atoms with E-state index in [-0.39, 0.29) is 5.75 Å². The molecule has 0 unspecified atom stereocenters. The molecule has 1 rings (SSSR count). The molecule has 5 N–H and O–H groups in total. The van der Waals surface area contributed by atoms with E-state index in [0.29, 0.717) is 11.3 Å². The molecule has 0 fully saturated rings. The molecular formula is C8H12N4O3. The minimum Gasteiger partial charge on any atom is -0.397 e. The molecule has 1 aromatic heterocycles. The molecule has 82 valence electrons. The number of nitrogens with two attached hydrogens (primary N) is 1. The molecule has 0 atom stereocenters. The van der Waals surface area contributed by atoms with Crippen LogP contribution in [0, 0.1) is 0 Å². The molecule has 0 bridgehead atoms. The summed E-state index contributed by atoms with van der Waals surface area (Å²) >= 11 is 0. The van der Waals surface area contributed by atoms with Crippen molar-refractivity contribution < 1.29 is 15.3 Å². The lowest BCUT2D eigenvalue weighted by atomic mass is 10.2. The fourth-order valence-electron chi connectivity index (χ4n) is 0.960. The van der Waals surface area contributed by atoms with Crippen molar-refractivity contribution in [2.24, 2.45) is 5.73 Å². The quantitative estimate of drug-likeness (QED) is 0.518. The van der Waals surface area contributed by atoms with E-state index in [1.54, 1.807) is 13.2 Å². The number of nitrogens with zero attached hydrogens (tertiary/aromatic N) is 2. The van der Waals surface area contributed by atoms with Crippen LogP contribution in [0.1, 0.15) is 5.56 Å². The highest BCUT2D eigenvalue weighted by Crippen LogP contribution is 2.15. The lowest BCUT2D eigenvalue weighted by Crippen LogP contribution is -2.18. The van der Waals surface area contributed by atoms with Crippen molar-refractivity contribution in [1.82, 2.24) is 15.7 Å². The highest BCUT2D eigenvalue weighted by atomic mass is 17.1. The SMILES string of the molecule is CN/C=C(\N)c1cncc(ON(O)O)c1. The molecule has 0 spiro atoms. The van der Waals surface area contributed by atoms with Crippen LogP contribution in [-0.2, 0) is 0 Å². The summed E-state index contributed by atoms with van der Waals surface area (Å²) in [6.07, 6.45) is 4.42. The minimum atomic E-state index is -0.404. The number of hydrogen-bond acceptors (Lipinski definition) is 7. The van der Waals surface area contributed by atoms with Gasteiger partial charge in [0.15, 0.2) is 5.75 Å². The summed E-state index contributed by atoms with van der Waals surface area (Å²) in [5.74, 6) is 0.157. The van der Waals surface area contributed by atoms with Crippen molar-refractivity contribution in [3.05, 3.63) is 30.2 Å². The second-order valence-corrected chi connectivity index (χ2v) is 2.64. The van der Waals surface area contributed by atoms with E-state index < -0.39 is 5.39 Å². The summed E-state index contributed by atoms with van der Waals surface area (Å²) in [6.45, 7) is 0. The van der Waals surface area contributed by atoms with Gasteiger partial charge < -0.3 is 15.9 Å². The van der Waals surface area contributed by atoms with Crippen LogP contribution in [0.3, 0.4) is 0 Å². The van der Waals surface area contributed by atoms with E-state index in [2.05, 4.69) is 15.1 Å². The van der Waals surface area contributed by atoms with E-state index >= 15 is 0 Å². The lowest BCUT2D eigenvalue weighted by Gasteiger charge is -2.08. The van der Waals surface area contributed by atoms with Crippen molar-refractivity contribution in [3.8, 4) is 5.75 Å². The standard InChI is InChI=1S/C8H12N4O3/c1-10-5-8(9)6-2-7(4-11-3-6)15-12(13)14/h2-5,10,13-14H,9H2,1H3/b8-5-. The predicted molar refractivity (Wildman–Crippen MR) is 51.5 cm³/mol. The number of nitrogens with one attached hydrogen (secondary N) is 1.